The van der Waals surface area contributed by atoms with Crippen LogP contribution in [0.4, 0.5) is 13.6 Å². The summed E-state index contributed by atoms with van der Waals surface area (Å²) in [7, 11) is 1.28. The first-order valence-electron chi connectivity index (χ1n) is 7.03. The Hall–Kier alpha value is -2.46. The predicted molar refractivity (Wildman–Crippen MR) is 79.1 cm³/mol. The zero-order valence-corrected chi connectivity index (χ0v) is 12.8. The van der Waals surface area contributed by atoms with Crippen LogP contribution in [0.2, 0.25) is 0 Å². The fourth-order valence-corrected chi connectivity index (χ4v) is 2.45. The third-order valence-electron chi connectivity index (χ3n) is 3.46. The van der Waals surface area contributed by atoms with Crippen LogP contribution in [0.1, 0.15) is 11.5 Å². The summed E-state index contributed by atoms with van der Waals surface area (Å²) in [5.41, 5.74) is 2.10. The Morgan fingerprint density at radius 1 is 1.42 bits per heavy atom. The first-order chi connectivity index (χ1) is 11.5. The van der Waals surface area contributed by atoms with Gasteiger partial charge < -0.3 is 20.3 Å². The van der Waals surface area contributed by atoms with E-state index in [4.69, 9.17) is 19.8 Å². The molecule has 0 aliphatic carbocycles. The first-order valence-corrected chi connectivity index (χ1v) is 7.03. The summed E-state index contributed by atoms with van der Waals surface area (Å²) < 4.78 is 33.3. The van der Waals surface area contributed by atoms with E-state index < -0.39 is 29.7 Å². The smallest absolute Gasteiger partial charge is 0.405 e. The van der Waals surface area contributed by atoms with Crippen LogP contribution in [0.5, 0.6) is 5.75 Å². The van der Waals surface area contributed by atoms with Gasteiger partial charge in [0.25, 0.3) is 0 Å². The molecule has 0 fully saturated rings. The Balaban J connectivity index is 2.28. The quantitative estimate of drug-likeness (QED) is 0.444. The van der Waals surface area contributed by atoms with E-state index in [9.17, 15) is 13.6 Å². The average Bonchev–Trinajstić information content (AvgIpc) is 2.89. The van der Waals surface area contributed by atoms with Crippen molar-refractivity contribution in [2.24, 2.45) is 4.99 Å². The number of aliphatic hydroxyl groups is 1. The monoisotopic (exact) mass is 345 g/mol. The highest BCUT2D eigenvalue weighted by atomic mass is 19.1. The minimum atomic E-state index is -1.38. The van der Waals surface area contributed by atoms with E-state index in [0.717, 1.165) is 12.1 Å². The van der Waals surface area contributed by atoms with Crippen molar-refractivity contribution < 1.29 is 33.4 Å². The molecular formula is C14H17F2N3O5. The summed E-state index contributed by atoms with van der Waals surface area (Å²) in [5, 5.41) is 19.8. The molecule has 2 rings (SSSR count). The van der Waals surface area contributed by atoms with Gasteiger partial charge in [0.15, 0.2) is 0 Å². The van der Waals surface area contributed by atoms with Gasteiger partial charge in [-0.15, -0.1) is 0 Å². The fraction of sp³-hybridized carbons (Fsp3) is 0.429. The molecule has 1 amide bonds. The lowest BCUT2D eigenvalue weighted by atomic mass is 9.92. The number of rotatable bonds is 6. The van der Waals surface area contributed by atoms with Crippen LogP contribution >= 0.6 is 0 Å². The van der Waals surface area contributed by atoms with Gasteiger partial charge in [0.2, 0.25) is 0 Å². The molecule has 24 heavy (non-hydrogen) atoms. The van der Waals surface area contributed by atoms with Gasteiger partial charge in [0, 0.05) is 23.6 Å². The number of amides is 1. The van der Waals surface area contributed by atoms with Crippen LogP contribution < -0.4 is 15.5 Å². The highest BCUT2D eigenvalue weighted by Crippen LogP contribution is 2.32. The van der Waals surface area contributed by atoms with E-state index in [1.165, 1.54) is 7.11 Å². The molecule has 10 heteroatoms. The number of hydroxylamine groups is 1. The lowest BCUT2D eigenvalue weighted by Crippen LogP contribution is -2.47. The Kier molecular flexibility index (Phi) is 5.88. The van der Waals surface area contributed by atoms with Gasteiger partial charge >= 0.3 is 6.09 Å². The van der Waals surface area contributed by atoms with Gasteiger partial charge in [0.1, 0.15) is 29.3 Å². The SMILES string of the molecule is COc1cc(F)c([C@@H]2CN=C(NOCCO)[C@H]2NC(=O)O)c(F)c1. The normalized spacial score (nSPS) is 19.8. The molecule has 0 radical (unpaired) electrons. The van der Waals surface area contributed by atoms with Crippen molar-refractivity contribution in [2.45, 2.75) is 12.0 Å². The second kappa shape index (κ2) is 7.88. The molecule has 1 aromatic carbocycles. The van der Waals surface area contributed by atoms with Crippen LogP contribution in [-0.4, -0.2) is 55.1 Å². The molecule has 8 nitrogen and oxygen atoms in total. The molecular weight excluding hydrogens is 328 g/mol. The maximum atomic E-state index is 14.3. The maximum absolute atomic E-state index is 14.3. The molecule has 0 saturated carbocycles. The third kappa shape index (κ3) is 3.89. The number of benzene rings is 1. The molecule has 132 valence electrons. The van der Waals surface area contributed by atoms with Crippen molar-refractivity contribution in [3.8, 4) is 5.75 Å². The molecule has 0 unspecified atom stereocenters. The lowest BCUT2D eigenvalue weighted by molar-refractivity contribution is 0.0515. The van der Waals surface area contributed by atoms with E-state index in [2.05, 4.69) is 15.8 Å². The van der Waals surface area contributed by atoms with E-state index in [-0.39, 0.29) is 36.9 Å². The van der Waals surface area contributed by atoms with Gasteiger partial charge in [-0.1, -0.05) is 0 Å². The van der Waals surface area contributed by atoms with Crippen molar-refractivity contribution in [1.82, 2.24) is 10.8 Å². The fourth-order valence-electron chi connectivity index (χ4n) is 2.45. The molecule has 1 aliphatic rings. The van der Waals surface area contributed by atoms with Crippen molar-refractivity contribution >= 4 is 11.9 Å². The summed E-state index contributed by atoms with van der Waals surface area (Å²) in [4.78, 5) is 19.9. The van der Waals surface area contributed by atoms with Crippen LogP contribution in [-0.2, 0) is 4.84 Å². The Bertz CT molecular complexity index is 618. The van der Waals surface area contributed by atoms with Gasteiger partial charge in [0.05, 0.1) is 26.9 Å². The minimum Gasteiger partial charge on any atom is -0.497 e. The Morgan fingerprint density at radius 2 is 2.08 bits per heavy atom. The summed E-state index contributed by atoms with van der Waals surface area (Å²) in [6.45, 7) is -0.368. The van der Waals surface area contributed by atoms with Gasteiger partial charge in [-0.05, 0) is 0 Å². The Morgan fingerprint density at radius 3 is 2.62 bits per heavy atom. The molecule has 0 spiro atoms. The molecule has 1 aromatic rings. The van der Waals surface area contributed by atoms with Crippen molar-refractivity contribution in [3.05, 3.63) is 29.3 Å². The molecule has 1 aliphatic heterocycles. The number of carbonyl (C=O) groups is 1. The molecule has 1 heterocycles. The highest BCUT2D eigenvalue weighted by molar-refractivity contribution is 5.92. The molecule has 0 bridgehead atoms. The van der Waals surface area contributed by atoms with Crippen molar-refractivity contribution in [2.75, 3.05) is 26.9 Å². The number of nitrogens with one attached hydrogen (secondary N) is 2. The molecule has 2 atom stereocenters. The second-order valence-corrected chi connectivity index (χ2v) is 4.94. The number of ether oxygens (including phenoxy) is 1. The average molecular weight is 345 g/mol. The number of nitrogens with zero attached hydrogens (tertiary/aromatic N) is 1. The number of halogens is 2. The highest BCUT2D eigenvalue weighted by Gasteiger charge is 2.37. The van der Waals surface area contributed by atoms with E-state index in [0.29, 0.717) is 0 Å². The maximum Gasteiger partial charge on any atom is 0.405 e. The lowest BCUT2D eigenvalue weighted by Gasteiger charge is -2.22. The van der Waals surface area contributed by atoms with Crippen LogP contribution in [0.25, 0.3) is 0 Å². The molecule has 0 aromatic heterocycles. The van der Waals surface area contributed by atoms with Gasteiger partial charge in [-0.2, -0.15) is 0 Å². The predicted octanol–water partition coefficient (Wildman–Crippen LogP) is 0.619. The summed E-state index contributed by atoms with van der Waals surface area (Å²) >= 11 is 0. The standard InChI is InChI=1S/C14H17F2N3O5/c1-23-7-4-9(15)11(10(16)5-7)8-6-17-13(19-24-3-2-20)12(8)18-14(21)22/h4-5,8,12,18,20H,2-3,6H2,1H3,(H,17,19)(H,21,22)/t8-,12-/m0/s1. The number of aliphatic hydroxyl groups excluding tert-OH is 1. The van der Waals surface area contributed by atoms with Crippen LogP contribution in [0.15, 0.2) is 17.1 Å². The van der Waals surface area contributed by atoms with Crippen molar-refractivity contribution in [1.29, 1.82) is 0 Å². The van der Waals surface area contributed by atoms with E-state index in [1.807, 2.05) is 0 Å². The van der Waals surface area contributed by atoms with E-state index >= 15 is 0 Å². The van der Waals surface area contributed by atoms with Gasteiger partial charge in [-0.25, -0.2) is 13.6 Å². The topological polar surface area (TPSA) is 112 Å². The summed E-state index contributed by atoms with van der Waals surface area (Å²) in [5.74, 6) is -2.53. The van der Waals surface area contributed by atoms with Crippen molar-refractivity contribution in [3.63, 3.8) is 0 Å². The number of amidine groups is 1. The Labute approximate surface area is 136 Å². The zero-order chi connectivity index (χ0) is 17.7. The number of hydrogen-bond acceptors (Lipinski definition) is 6. The number of hydrogen-bond donors (Lipinski definition) is 4. The first kappa shape index (κ1) is 17.9. The third-order valence-corrected chi connectivity index (χ3v) is 3.46. The van der Waals surface area contributed by atoms with Crippen LogP contribution in [0, 0.1) is 11.6 Å². The second-order valence-electron chi connectivity index (χ2n) is 4.94. The summed E-state index contributed by atoms with van der Waals surface area (Å²) in [6.07, 6.45) is -1.38. The van der Waals surface area contributed by atoms with Gasteiger partial charge in [-0.3, -0.25) is 15.3 Å². The van der Waals surface area contributed by atoms with Crippen LogP contribution in [0.3, 0.4) is 0 Å². The minimum absolute atomic E-state index is 0.0139. The number of aliphatic imine (C=N–C) groups is 1. The molecule has 0 saturated heterocycles. The number of carboxylic acid groups (broad SMARTS) is 1. The summed E-state index contributed by atoms with van der Waals surface area (Å²) in [6, 6.07) is 1.01. The largest absolute Gasteiger partial charge is 0.497 e. The molecule has 4 N–H and O–H groups in total. The van der Waals surface area contributed by atoms with E-state index in [1.54, 1.807) is 0 Å². The number of methoxy groups -OCH3 is 1. The zero-order valence-electron chi connectivity index (χ0n) is 12.8.